The van der Waals surface area contributed by atoms with Crippen LogP contribution in [0.5, 0.6) is 0 Å². The summed E-state index contributed by atoms with van der Waals surface area (Å²) in [7, 11) is -4.06. The number of hydrogen-bond donors (Lipinski definition) is 1. The van der Waals surface area contributed by atoms with Crippen molar-refractivity contribution in [1.82, 2.24) is 10.2 Å². The van der Waals surface area contributed by atoms with Gasteiger partial charge in [0.2, 0.25) is 11.8 Å². The van der Waals surface area contributed by atoms with Crippen LogP contribution < -0.4 is 9.62 Å². The molecular weight excluding hydrogens is 510 g/mol. The quantitative estimate of drug-likeness (QED) is 0.388. The third-order valence-corrected chi connectivity index (χ3v) is 9.02. The molecule has 1 atom stereocenters. The first kappa shape index (κ1) is 28.4. The molecule has 2 amide bonds. The van der Waals surface area contributed by atoms with Gasteiger partial charge in [0.1, 0.15) is 12.6 Å². The molecule has 39 heavy (non-hydrogen) atoms. The third-order valence-electron chi connectivity index (χ3n) is 7.24. The first-order valence-corrected chi connectivity index (χ1v) is 14.9. The fraction of sp³-hybridized carbons (Fsp3) is 0.355. The lowest BCUT2D eigenvalue weighted by atomic mass is 10.1. The third kappa shape index (κ3) is 7.06. The Morgan fingerprint density at radius 3 is 2.21 bits per heavy atom. The van der Waals surface area contributed by atoms with Gasteiger partial charge in [-0.05, 0) is 63.4 Å². The minimum atomic E-state index is -4.06. The van der Waals surface area contributed by atoms with E-state index in [9.17, 15) is 18.0 Å². The van der Waals surface area contributed by atoms with Crippen LogP contribution in [0.1, 0.15) is 49.3 Å². The summed E-state index contributed by atoms with van der Waals surface area (Å²) in [5.74, 6) is -0.680. The highest BCUT2D eigenvalue weighted by molar-refractivity contribution is 7.92. The van der Waals surface area contributed by atoms with E-state index in [0.29, 0.717) is 5.69 Å². The molecule has 0 bridgehead atoms. The second-order valence-electron chi connectivity index (χ2n) is 10.3. The highest BCUT2D eigenvalue weighted by Gasteiger charge is 2.33. The first-order chi connectivity index (χ1) is 18.6. The van der Waals surface area contributed by atoms with Gasteiger partial charge < -0.3 is 10.2 Å². The zero-order valence-electron chi connectivity index (χ0n) is 22.8. The zero-order valence-corrected chi connectivity index (χ0v) is 23.7. The average molecular weight is 548 g/mol. The molecule has 206 valence electrons. The Morgan fingerprint density at radius 1 is 0.897 bits per heavy atom. The van der Waals surface area contributed by atoms with Crippen LogP contribution in [0.2, 0.25) is 0 Å². The standard InChI is InChI=1S/C31H37N3O4S/c1-23-16-18-29(19-17-23)39(37,38)34(28-14-5-4-6-15-28)22-30(35)33(21-26-11-9-10-24(2)20-26)25(3)31(36)32-27-12-7-8-13-27/h4-6,9-11,14-20,25,27H,7-8,12-13,21-22H2,1-3H3,(H,32,36). The molecule has 7 nitrogen and oxygen atoms in total. The average Bonchev–Trinajstić information content (AvgIpc) is 3.43. The van der Waals surface area contributed by atoms with Crippen LogP contribution in [0.3, 0.4) is 0 Å². The summed E-state index contributed by atoms with van der Waals surface area (Å²) < 4.78 is 28.8. The minimum Gasteiger partial charge on any atom is -0.352 e. The molecule has 0 spiro atoms. The molecule has 1 unspecified atom stereocenters. The predicted octanol–water partition coefficient (Wildman–Crippen LogP) is 4.97. The molecule has 0 saturated heterocycles. The number of aryl methyl sites for hydroxylation is 2. The Kier molecular flexibility index (Phi) is 9.07. The monoisotopic (exact) mass is 547 g/mol. The summed E-state index contributed by atoms with van der Waals surface area (Å²) in [6.07, 6.45) is 4.02. The van der Waals surface area contributed by atoms with Gasteiger partial charge in [-0.2, -0.15) is 0 Å². The summed E-state index contributed by atoms with van der Waals surface area (Å²) in [4.78, 5) is 28.8. The van der Waals surface area contributed by atoms with Crippen LogP contribution in [-0.4, -0.2) is 43.8 Å². The molecule has 1 N–H and O–H groups in total. The molecule has 3 aromatic carbocycles. The van der Waals surface area contributed by atoms with E-state index < -0.39 is 28.5 Å². The Hall–Kier alpha value is -3.65. The molecule has 0 heterocycles. The summed E-state index contributed by atoms with van der Waals surface area (Å²) in [6, 6.07) is 22.3. The number of benzene rings is 3. The fourth-order valence-corrected chi connectivity index (χ4v) is 6.36. The lowest BCUT2D eigenvalue weighted by Gasteiger charge is -2.32. The molecule has 1 fully saturated rings. The molecule has 8 heteroatoms. The van der Waals surface area contributed by atoms with Gasteiger partial charge in [0.05, 0.1) is 10.6 Å². The van der Waals surface area contributed by atoms with E-state index >= 15 is 0 Å². The van der Waals surface area contributed by atoms with Crippen molar-refractivity contribution in [2.45, 2.75) is 70.0 Å². The van der Waals surface area contributed by atoms with Crippen LogP contribution in [0.25, 0.3) is 0 Å². The highest BCUT2D eigenvalue weighted by atomic mass is 32.2. The predicted molar refractivity (Wildman–Crippen MR) is 154 cm³/mol. The molecule has 1 aliphatic rings. The fourth-order valence-electron chi connectivity index (χ4n) is 4.94. The number of rotatable bonds is 10. The van der Waals surface area contributed by atoms with E-state index in [4.69, 9.17) is 0 Å². The van der Waals surface area contributed by atoms with E-state index in [1.807, 2.05) is 38.1 Å². The molecule has 0 radical (unpaired) electrons. The highest BCUT2D eigenvalue weighted by Crippen LogP contribution is 2.25. The molecule has 0 aliphatic heterocycles. The van der Waals surface area contributed by atoms with E-state index in [-0.39, 0.29) is 23.4 Å². The molecule has 4 rings (SSSR count). The topological polar surface area (TPSA) is 86.8 Å². The molecular formula is C31H37N3O4S. The van der Waals surface area contributed by atoms with Gasteiger partial charge in [0.15, 0.2) is 0 Å². The van der Waals surface area contributed by atoms with Gasteiger partial charge in [-0.1, -0.05) is 78.6 Å². The number of para-hydroxylation sites is 1. The minimum absolute atomic E-state index is 0.0991. The van der Waals surface area contributed by atoms with Crippen molar-refractivity contribution in [3.63, 3.8) is 0 Å². The van der Waals surface area contributed by atoms with E-state index in [0.717, 1.165) is 46.7 Å². The maximum Gasteiger partial charge on any atom is 0.264 e. The maximum atomic E-state index is 14.0. The largest absolute Gasteiger partial charge is 0.352 e. The van der Waals surface area contributed by atoms with Gasteiger partial charge in [-0.15, -0.1) is 0 Å². The normalized spacial score (nSPS) is 14.5. The van der Waals surface area contributed by atoms with Crippen LogP contribution >= 0.6 is 0 Å². The number of nitrogens with zero attached hydrogens (tertiary/aromatic N) is 2. The second kappa shape index (κ2) is 12.5. The van der Waals surface area contributed by atoms with Crippen molar-refractivity contribution in [2.75, 3.05) is 10.8 Å². The van der Waals surface area contributed by atoms with Gasteiger partial charge in [0, 0.05) is 12.6 Å². The van der Waals surface area contributed by atoms with Crippen LogP contribution in [0.15, 0.2) is 83.8 Å². The Morgan fingerprint density at radius 2 is 1.56 bits per heavy atom. The van der Waals surface area contributed by atoms with Crippen molar-refractivity contribution < 1.29 is 18.0 Å². The van der Waals surface area contributed by atoms with Gasteiger partial charge in [-0.3, -0.25) is 13.9 Å². The summed E-state index contributed by atoms with van der Waals surface area (Å²) >= 11 is 0. The number of anilines is 1. The van der Waals surface area contributed by atoms with Crippen molar-refractivity contribution in [3.8, 4) is 0 Å². The lowest BCUT2D eigenvalue weighted by Crippen LogP contribution is -2.52. The lowest BCUT2D eigenvalue weighted by molar-refractivity contribution is -0.139. The molecule has 3 aromatic rings. The molecule has 0 aromatic heterocycles. The van der Waals surface area contributed by atoms with Crippen LogP contribution in [-0.2, 0) is 26.2 Å². The van der Waals surface area contributed by atoms with Crippen molar-refractivity contribution in [1.29, 1.82) is 0 Å². The van der Waals surface area contributed by atoms with Gasteiger partial charge >= 0.3 is 0 Å². The van der Waals surface area contributed by atoms with Gasteiger partial charge in [0.25, 0.3) is 10.0 Å². The van der Waals surface area contributed by atoms with Crippen molar-refractivity contribution in [3.05, 3.63) is 95.6 Å². The number of carbonyl (C=O) groups excluding carboxylic acids is 2. The van der Waals surface area contributed by atoms with E-state index in [1.165, 1.54) is 4.90 Å². The second-order valence-corrected chi connectivity index (χ2v) is 12.2. The smallest absolute Gasteiger partial charge is 0.264 e. The maximum absolute atomic E-state index is 14.0. The Balaban J connectivity index is 1.66. The van der Waals surface area contributed by atoms with E-state index in [1.54, 1.807) is 61.5 Å². The summed E-state index contributed by atoms with van der Waals surface area (Å²) in [5.41, 5.74) is 3.22. The first-order valence-electron chi connectivity index (χ1n) is 13.4. The number of sulfonamides is 1. The summed E-state index contributed by atoms with van der Waals surface area (Å²) in [6.45, 7) is 5.31. The SMILES string of the molecule is Cc1ccc(S(=O)(=O)N(CC(=O)N(Cc2cccc(C)c2)C(C)C(=O)NC2CCCC2)c2ccccc2)cc1. The zero-order chi connectivity index (χ0) is 28.0. The van der Waals surface area contributed by atoms with E-state index in [2.05, 4.69) is 5.32 Å². The number of nitrogens with one attached hydrogen (secondary N) is 1. The number of carbonyl (C=O) groups is 2. The number of amides is 2. The van der Waals surface area contributed by atoms with Crippen LogP contribution in [0.4, 0.5) is 5.69 Å². The van der Waals surface area contributed by atoms with Gasteiger partial charge in [-0.25, -0.2) is 8.42 Å². The Bertz CT molecular complexity index is 1380. The molecule has 1 saturated carbocycles. The summed E-state index contributed by atoms with van der Waals surface area (Å²) in [5, 5.41) is 3.09. The van der Waals surface area contributed by atoms with Crippen molar-refractivity contribution in [2.24, 2.45) is 0 Å². The number of hydrogen-bond acceptors (Lipinski definition) is 4. The van der Waals surface area contributed by atoms with Crippen molar-refractivity contribution >= 4 is 27.5 Å². The Labute approximate surface area is 231 Å². The molecule has 1 aliphatic carbocycles. The van der Waals surface area contributed by atoms with Crippen LogP contribution in [0, 0.1) is 13.8 Å².